The minimum atomic E-state index is -4.11. The van der Waals surface area contributed by atoms with Crippen molar-refractivity contribution in [2.75, 3.05) is 31.7 Å². The Morgan fingerprint density at radius 2 is 1.64 bits per heavy atom. The fourth-order valence-electron chi connectivity index (χ4n) is 3.55. The van der Waals surface area contributed by atoms with Crippen LogP contribution in [-0.2, 0) is 14.8 Å². The summed E-state index contributed by atoms with van der Waals surface area (Å²) in [5, 5.41) is 2.83. The predicted molar refractivity (Wildman–Crippen MR) is 140 cm³/mol. The topological polar surface area (TPSA) is 94.2 Å². The van der Waals surface area contributed by atoms with Gasteiger partial charge in [-0.1, -0.05) is 35.9 Å². The van der Waals surface area contributed by atoms with Gasteiger partial charge in [0.25, 0.3) is 10.0 Å². The highest BCUT2D eigenvalue weighted by Crippen LogP contribution is 2.35. The summed E-state index contributed by atoms with van der Waals surface area (Å²) in [5.74, 6) is 0.949. The molecule has 0 fully saturated rings. The van der Waals surface area contributed by atoms with E-state index in [-0.39, 0.29) is 29.0 Å². The van der Waals surface area contributed by atoms with Gasteiger partial charge >= 0.3 is 0 Å². The molecule has 3 aromatic rings. The maximum atomic E-state index is 13.7. The van der Waals surface area contributed by atoms with Gasteiger partial charge in [-0.3, -0.25) is 9.10 Å². The number of ether oxygens (including phenoxy) is 3. The maximum absolute atomic E-state index is 13.7. The predicted octanol–water partition coefficient (Wildman–Crippen LogP) is 4.10. The Balaban J connectivity index is 1.87. The average molecular weight is 513 g/mol. The van der Waals surface area contributed by atoms with E-state index in [0.717, 1.165) is 21.2 Å². The second kappa shape index (κ2) is 11.8. The average Bonchev–Trinajstić information content (AvgIpc) is 2.86. The van der Waals surface area contributed by atoms with Crippen molar-refractivity contribution in [1.82, 2.24) is 5.32 Å². The molecule has 0 radical (unpaired) electrons. The molecule has 1 unspecified atom stereocenters. The Kier molecular flexibility index (Phi) is 8.82. The smallest absolute Gasteiger partial charge is 0.264 e. The number of hydrogen-bond donors (Lipinski definition) is 1. The number of para-hydroxylation sites is 1. The first kappa shape index (κ1) is 26.9. The standard InChI is InChI=1S/C27H32N2O6S/c1-19-10-13-23(14-11-19)36(31,32)29(24-16-22(33-4)12-15-26(24)34-5)17-27(30)28-21(3)18-35-25-9-7-6-8-20(25)2/h6-16,21H,17-18H2,1-5H3,(H,28,30). The molecule has 0 saturated heterocycles. The fourth-order valence-corrected chi connectivity index (χ4v) is 4.98. The van der Waals surface area contributed by atoms with E-state index >= 15 is 0 Å². The van der Waals surface area contributed by atoms with E-state index in [1.807, 2.05) is 38.1 Å². The van der Waals surface area contributed by atoms with E-state index in [0.29, 0.717) is 5.75 Å². The molecule has 0 saturated carbocycles. The molecule has 9 heteroatoms. The molecule has 1 amide bonds. The first-order chi connectivity index (χ1) is 17.1. The molecule has 3 rings (SSSR count). The van der Waals surface area contributed by atoms with E-state index in [1.165, 1.54) is 32.4 Å². The third-order valence-corrected chi connectivity index (χ3v) is 7.31. The molecule has 0 bridgehead atoms. The van der Waals surface area contributed by atoms with Crippen molar-refractivity contribution in [3.8, 4) is 17.2 Å². The van der Waals surface area contributed by atoms with Crippen LogP contribution in [0, 0.1) is 13.8 Å². The van der Waals surface area contributed by atoms with Crippen LogP contribution in [0.5, 0.6) is 17.2 Å². The fraction of sp³-hybridized carbons (Fsp3) is 0.296. The van der Waals surface area contributed by atoms with Crippen LogP contribution in [-0.4, -0.2) is 47.7 Å². The van der Waals surface area contributed by atoms with Crippen LogP contribution in [0.2, 0.25) is 0 Å². The zero-order valence-electron chi connectivity index (χ0n) is 21.1. The Labute approximate surface area is 212 Å². The summed E-state index contributed by atoms with van der Waals surface area (Å²) < 4.78 is 45.0. The SMILES string of the molecule is COc1ccc(OC)c(N(CC(=O)NC(C)COc2ccccc2C)S(=O)(=O)c2ccc(C)cc2)c1. The van der Waals surface area contributed by atoms with Crippen molar-refractivity contribution in [1.29, 1.82) is 0 Å². The summed E-state index contributed by atoms with van der Waals surface area (Å²) in [5.41, 5.74) is 2.09. The molecule has 1 N–H and O–H groups in total. The highest BCUT2D eigenvalue weighted by Gasteiger charge is 2.30. The number of benzene rings is 3. The number of nitrogens with one attached hydrogen (secondary N) is 1. The van der Waals surface area contributed by atoms with Gasteiger partial charge in [0.05, 0.1) is 30.8 Å². The van der Waals surface area contributed by atoms with Gasteiger partial charge in [0.1, 0.15) is 30.4 Å². The van der Waals surface area contributed by atoms with Crippen molar-refractivity contribution in [3.05, 3.63) is 77.9 Å². The number of methoxy groups -OCH3 is 2. The molecular weight excluding hydrogens is 480 g/mol. The number of anilines is 1. The van der Waals surface area contributed by atoms with Crippen molar-refractivity contribution in [2.45, 2.75) is 31.7 Å². The number of amides is 1. The Morgan fingerprint density at radius 3 is 2.28 bits per heavy atom. The van der Waals surface area contributed by atoms with Crippen LogP contribution in [0.25, 0.3) is 0 Å². The minimum Gasteiger partial charge on any atom is -0.497 e. The van der Waals surface area contributed by atoms with E-state index in [1.54, 1.807) is 31.2 Å². The first-order valence-electron chi connectivity index (χ1n) is 11.4. The van der Waals surface area contributed by atoms with Crippen LogP contribution in [0.3, 0.4) is 0 Å². The molecule has 0 spiro atoms. The molecule has 0 aliphatic rings. The van der Waals surface area contributed by atoms with Gasteiger partial charge in [-0.25, -0.2) is 8.42 Å². The van der Waals surface area contributed by atoms with Crippen molar-refractivity contribution < 1.29 is 27.4 Å². The lowest BCUT2D eigenvalue weighted by Gasteiger charge is -2.27. The first-order valence-corrected chi connectivity index (χ1v) is 12.9. The molecule has 0 aromatic heterocycles. The third kappa shape index (κ3) is 6.48. The van der Waals surface area contributed by atoms with E-state index < -0.39 is 22.5 Å². The normalized spacial score (nSPS) is 11.9. The summed E-state index contributed by atoms with van der Waals surface area (Å²) >= 11 is 0. The molecule has 0 aliphatic carbocycles. The summed E-state index contributed by atoms with van der Waals surface area (Å²) in [6.07, 6.45) is 0. The molecule has 0 aliphatic heterocycles. The Hall–Kier alpha value is -3.72. The van der Waals surface area contributed by atoms with E-state index in [9.17, 15) is 13.2 Å². The van der Waals surface area contributed by atoms with Gasteiger partial charge in [-0.05, 0) is 56.7 Å². The second-order valence-electron chi connectivity index (χ2n) is 8.41. The lowest BCUT2D eigenvalue weighted by atomic mass is 10.2. The molecule has 8 nitrogen and oxygen atoms in total. The van der Waals surface area contributed by atoms with Gasteiger partial charge in [-0.2, -0.15) is 0 Å². The zero-order chi connectivity index (χ0) is 26.3. The van der Waals surface area contributed by atoms with E-state index in [2.05, 4.69) is 5.32 Å². The maximum Gasteiger partial charge on any atom is 0.264 e. The van der Waals surface area contributed by atoms with Crippen molar-refractivity contribution in [3.63, 3.8) is 0 Å². The zero-order valence-corrected chi connectivity index (χ0v) is 22.0. The highest BCUT2D eigenvalue weighted by atomic mass is 32.2. The van der Waals surface area contributed by atoms with Crippen LogP contribution >= 0.6 is 0 Å². The summed E-state index contributed by atoms with van der Waals surface area (Å²) in [4.78, 5) is 13.1. The number of carbonyl (C=O) groups excluding carboxylic acids is 1. The van der Waals surface area contributed by atoms with Crippen LogP contribution in [0.15, 0.2) is 71.6 Å². The molecule has 1 atom stereocenters. The molecule has 0 heterocycles. The summed E-state index contributed by atoms with van der Waals surface area (Å²) in [6, 6.07) is 18.5. The molecule has 36 heavy (non-hydrogen) atoms. The summed E-state index contributed by atoms with van der Waals surface area (Å²) in [7, 11) is -1.20. The monoisotopic (exact) mass is 512 g/mol. The van der Waals surface area contributed by atoms with E-state index in [4.69, 9.17) is 14.2 Å². The highest BCUT2D eigenvalue weighted by molar-refractivity contribution is 7.92. The number of aryl methyl sites for hydroxylation is 2. The third-order valence-electron chi connectivity index (χ3n) is 5.54. The quantitative estimate of drug-likeness (QED) is 0.416. The number of rotatable bonds is 11. The second-order valence-corrected chi connectivity index (χ2v) is 10.3. The van der Waals surface area contributed by atoms with Gasteiger partial charge in [-0.15, -0.1) is 0 Å². The van der Waals surface area contributed by atoms with Gasteiger partial charge < -0.3 is 19.5 Å². The molecule has 3 aromatic carbocycles. The molecular formula is C27H32N2O6S. The number of nitrogens with zero attached hydrogens (tertiary/aromatic N) is 1. The minimum absolute atomic E-state index is 0.0571. The Morgan fingerprint density at radius 1 is 0.944 bits per heavy atom. The number of hydrogen-bond acceptors (Lipinski definition) is 6. The van der Waals surface area contributed by atoms with Crippen molar-refractivity contribution in [2.24, 2.45) is 0 Å². The van der Waals surface area contributed by atoms with Crippen LogP contribution < -0.4 is 23.8 Å². The number of carbonyl (C=O) groups is 1. The van der Waals surface area contributed by atoms with Gasteiger partial charge in [0, 0.05) is 6.07 Å². The number of sulfonamides is 1. The largest absolute Gasteiger partial charge is 0.497 e. The lowest BCUT2D eigenvalue weighted by Crippen LogP contribution is -2.45. The molecule has 192 valence electrons. The van der Waals surface area contributed by atoms with Gasteiger partial charge in [0.15, 0.2) is 0 Å². The Bertz CT molecular complexity index is 1290. The van der Waals surface area contributed by atoms with Gasteiger partial charge in [0.2, 0.25) is 5.91 Å². The lowest BCUT2D eigenvalue weighted by molar-refractivity contribution is -0.120. The van der Waals surface area contributed by atoms with Crippen LogP contribution in [0.4, 0.5) is 5.69 Å². The van der Waals surface area contributed by atoms with Crippen LogP contribution in [0.1, 0.15) is 18.1 Å². The van der Waals surface area contributed by atoms with Crippen molar-refractivity contribution >= 4 is 21.6 Å². The summed E-state index contributed by atoms with van der Waals surface area (Å²) in [6.45, 7) is 5.36.